The Labute approximate surface area is 178 Å². The van der Waals surface area contributed by atoms with Crippen LogP contribution in [0.1, 0.15) is 49.8 Å². The lowest BCUT2D eigenvalue weighted by molar-refractivity contribution is 0.0104. The molecule has 2 aromatic heterocycles. The summed E-state index contributed by atoms with van der Waals surface area (Å²) in [5.41, 5.74) is 0.866. The van der Waals surface area contributed by atoms with Crippen LogP contribution in [0.2, 0.25) is 0 Å². The highest BCUT2D eigenvalue weighted by molar-refractivity contribution is 5.93. The number of unbranched alkanes of at least 4 members (excludes halogenated alkanes) is 1. The second-order valence-corrected chi connectivity index (χ2v) is 7.52. The molecule has 0 fully saturated rings. The van der Waals surface area contributed by atoms with Gasteiger partial charge in [0, 0.05) is 31.6 Å². The van der Waals surface area contributed by atoms with Crippen LogP contribution in [0.25, 0.3) is 16.9 Å². The first-order valence-electron chi connectivity index (χ1n) is 10.3. The van der Waals surface area contributed by atoms with E-state index in [1.165, 1.54) is 12.1 Å². The fourth-order valence-corrected chi connectivity index (χ4v) is 3.51. The first-order chi connectivity index (χ1) is 14.8. The number of nitrogens with zero attached hydrogens (tertiary/aromatic N) is 4. The Hall–Kier alpha value is -3.23. The summed E-state index contributed by atoms with van der Waals surface area (Å²) >= 11 is 0. The maximum Gasteiger partial charge on any atom is 0.287 e. The summed E-state index contributed by atoms with van der Waals surface area (Å²) in [6.45, 7) is 5.94. The number of ether oxygens (including phenoxy) is 2. The molecular formula is C22H24F2N4O3. The number of fused-ring (bicyclic) bond motifs is 2. The van der Waals surface area contributed by atoms with E-state index in [0.717, 1.165) is 24.3 Å². The zero-order valence-corrected chi connectivity index (χ0v) is 17.7. The van der Waals surface area contributed by atoms with Gasteiger partial charge in [-0.15, -0.1) is 0 Å². The summed E-state index contributed by atoms with van der Waals surface area (Å²) in [6.07, 6.45) is 1.80. The van der Waals surface area contributed by atoms with Crippen molar-refractivity contribution in [3.8, 4) is 22.8 Å². The van der Waals surface area contributed by atoms with E-state index in [9.17, 15) is 13.6 Å². The number of rotatable bonds is 7. The zero-order valence-electron chi connectivity index (χ0n) is 17.7. The predicted molar refractivity (Wildman–Crippen MR) is 111 cm³/mol. The third-order valence-electron chi connectivity index (χ3n) is 5.21. The fourth-order valence-electron chi connectivity index (χ4n) is 3.51. The van der Waals surface area contributed by atoms with Crippen LogP contribution in [-0.4, -0.2) is 45.3 Å². The predicted octanol–water partition coefficient (Wildman–Crippen LogP) is 4.50. The minimum absolute atomic E-state index is 0.0961. The summed E-state index contributed by atoms with van der Waals surface area (Å²) in [4.78, 5) is 19.1. The average Bonchev–Trinajstić information content (AvgIpc) is 3.38. The van der Waals surface area contributed by atoms with Crippen molar-refractivity contribution >= 4 is 11.6 Å². The molecule has 0 atom stereocenters. The first kappa shape index (κ1) is 21.0. The number of benzene rings is 1. The summed E-state index contributed by atoms with van der Waals surface area (Å²) in [6, 6.07) is 7.90. The van der Waals surface area contributed by atoms with Gasteiger partial charge < -0.3 is 14.4 Å². The number of alkyl halides is 2. The Morgan fingerprint density at radius 2 is 1.97 bits per heavy atom. The van der Waals surface area contributed by atoms with Gasteiger partial charge in [-0.1, -0.05) is 13.3 Å². The topological polar surface area (TPSA) is 69.0 Å². The lowest BCUT2D eigenvalue weighted by atomic mass is 10.1. The Kier molecular flexibility index (Phi) is 5.51. The highest BCUT2D eigenvalue weighted by Crippen LogP contribution is 2.37. The summed E-state index contributed by atoms with van der Waals surface area (Å²) in [5, 5.41) is 4.19. The Morgan fingerprint density at radius 3 is 2.68 bits per heavy atom. The zero-order chi connectivity index (χ0) is 22.2. The minimum Gasteiger partial charge on any atom is -0.454 e. The van der Waals surface area contributed by atoms with E-state index in [1.54, 1.807) is 23.1 Å². The number of amides is 1. The Balaban J connectivity index is 1.79. The third kappa shape index (κ3) is 4.04. The van der Waals surface area contributed by atoms with Crippen molar-refractivity contribution in [3.05, 3.63) is 41.7 Å². The Morgan fingerprint density at radius 1 is 1.19 bits per heavy atom. The van der Waals surface area contributed by atoms with E-state index < -0.39 is 5.92 Å². The van der Waals surface area contributed by atoms with Crippen molar-refractivity contribution in [1.29, 1.82) is 0 Å². The molecule has 3 heterocycles. The molecule has 0 unspecified atom stereocenters. The summed E-state index contributed by atoms with van der Waals surface area (Å²) in [5.74, 6) is -2.36. The van der Waals surface area contributed by atoms with E-state index >= 15 is 0 Å². The van der Waals surface area contributed by atoms with E-state index in [1.807, 2.05) is 13.8 Å². The van der Waals surface area contributed by atoms with E-state index in [2.05, 4.69) is 10.1 Å². The molecule has 0 bridgehead atoms. The minimum atomic E-state index is -3.19. The second kappa shape index (κ2) is 8.13. The standard InChI is InChI=1S/C22H24F2N4O3/c1-4-6-9-27(5-2)21(29)16-12-20-25-15(11-19(22(3,23)24)28(20)26-16)14-7-8-17-18(10-14)31-13-30-17/h7-8,10-12H,4-6,9,13H2,1-3H3. The molecule has 3 aromatic rings. The van der Waals surface area contributed by atoms with E-state index in [4.69, 9.17) is 9.47 Å². The molecule has 4 rings (SSSR count). The lowest BCUT2D eigenvalue weighted by Crippen LogP contribution is -2.32. The highest BCUT2D eigenvalue weighted by Gasteiger charge is 2.31. The van der Waals surface area contributed by atoms with Crippen LogP contribution in [0.5, 0.6) is 11.5 Å². The molecule has 0 saturated heterocycles. The van der Waals surface area contributed by atoms with Gasteiger partial charge >= 0.3 is 0 Å². The normalized spacial score (nSPS) is 13.1. The van der Waals surface area contributed by atoms with Crippen molar-refractivity contribution in [2.75, 3.05) is 19.9 Å². The van der Waals surface area contributed by atoms with Crippen LogP contribution in [0.3, 0.4) is 0 Å². The van der Waals surface area contributed by atoms with E-state index in [0.29, 0.717) is 35.8 Å². The van der Waals surface area contributed by atoms with Crippen LogP contribution < -0.4 is 9.47 Å². The smallest absolute Gasteiger partial charge is 0.287 e. The number of carbonyl (C=O) groups is 1. The van der Waals surface area contributed by atoms with Gasteiger partial charge in [-0.2, -0.15) is 13.9 Å². The van der Waals surface area contributed by atoms with Gasteiger partial charge in [-0.25, -0.2) is 9.50 Å². The maximum absolute atomic E-state index is 14.5. The highest BCUT2D eigenvalue weighted by atomic mass is 19.3. The van der Waals surface area contributed by atoms with Crippen LogP contribution in [0.15, 0.2) is 30.3 Å². The van der Waals surface area contributed by atoms with Crippen LogP contribution in [0.4, 0.5) is 8.78 Å². The van der Waals surface area contributed by atoms with Crippen molar-refractivity contribution in [2.24, 2.45) is 0 Å². The fraction of sp³-hybridized carbons (Fsp3) is 0.409. The maximum atomic E-state index is 14.5. The van der Waals surface area contributed by atoms with E-state index in [-0.39, 0.29) is 29.7 Å². The van der Waals surface area contributed by atoms with Gasteiger partial charge in [0.2, 0.25) is 6.79 Å². The number of carbonyl (C=O) groups excluding carboxylic acids is 1. The monoisotopic (exact) mass is 430 g/mol. The third-order valence-corrected chi connectivity index (χ3v) is 5.21. The van der Waals surface area contributed by atoms with Crippen molar-refractivity contribution in [2.45, 2.75) is 39.5 Å². The molecule has 0 N–H and O–H groups in total. The largest absolute Gasteiger partial charge is 0.454 e. The van der Waals surface area contributed by atoms with Gasteiger partial charge in [-0.3, -0.25) is 4.79 Å². The van der Waals surface area contributed by atoms with Gasteiger partial charge in [0.15, 0.2) is 22.8 Å². The van der Waals surface area contributed by atoms with Crippen molar-refractivity contribution in [1.82, 2.24) is 19.5 Å². The number of aromatic nitrogens is 3. The van der Waals surface area contributed by atoms with Gasteiger partial charge in [0.1, 0.15) is 5.69 Å². The lowest BCUT2D eigenvalue weighted by Gasteiger charge is -2.19. The van der Waals surface area contributed by atoms with Crippen LogP contribution in [0, 0.1) is 0 Å². The molecule has 7 nitrogen and oxygen atoms in total. The molecule has 1 amide bonds. The molecule has 0 aliphatic carbocycles. The molecule has 0 spiro atoms. The van der Waals surface area contributed by atoms with Crippen LogP contribution in [-0.2, 0) is 5.92 Å². The molecule has 1 aliphatic heterocycles. The summed E-state index contributed by atoms with van der Waals surface area (Å²) < 4.78 is 40.7. The molecule has 1 aliphatic rings. The quantitative estimate of drug-likeness (QED) is 0.552. The van der Waals surface area contributed by atoms with Gasteiger partial charge in [0.25, 0.3) is 11.8 Å². The molecule has 0 saturated carbocycles. The van der Waals surface area contributed by atoms with Crippen molar-refractivity contribution < 1.29 is 23.0 Å². The Bertz CT molecular complexity index is 1120. The number of hydrogen-bond acceptors (Lipinski definition) is 5. The molecule has 31 heavy (non-hydrogen) atoms. The molecule has 164 valence electrons. The molecule has 1 aromatic carbocycles. The molecule has 0 radical (unpaired) electrons. The molecule has 9 heteroatoms. The van der Waals surface area contributed by atoms with Gasteiger partial charge in [0.05, 0.1) is 5.69 Å². The number of hydrogen-bond donors (Lipinski definition) is 0. The number of halogens is 2. The van der Waals surface area contributed by atoms with Gasteiger partial charge in [-0.05, 0) is 37.6 Å². The van der Waals surface area contributed by atoms with Crippen LogP contribution >= 0.6 is 0 Å². The average molecular weight is 430 g/mol. The summed E-state index contributed by atoms with van der Waals surface area (Å²) in [7, 11) is 0. The first-order valence-corrected chi connectivity index (χ1v) is 10.3. The molecular weight excluding hydrogens is 406 g/mol. The van der Waals surface area contributed by atoms with Crippen molar-refractivity contribution in [3.63, 3.8) is 0 Å². The SMILES string of the molecule is CCCCN(CC)C(=O)c1cc2nc(-c3ccc4c(c3)OCO4)cc(C(C)(F)F)n2n1. The second-order valence-electron chi connectivity index (χ2n) is 7.52.